The largest absolute Gasteiger partial charge is 0.244 e. The van der Waals surface area contributed by atoms with Crippen LogP contribution in [0.1, 0.15) is 13.8 Å². The molecule has 100 valence electrons. The average Bonchev–Trinajstić information content (AvgIpc) is 2.32. The number of pyridine rings is 1. The van der Waals surface area contributed by atoms with Crippen LogP contribution in [-0.4, -0.2) is 41.3 Å². The Morgan fingerprint density at radius 3 is 2.89 bits per heavy atom. The van der Waals surface area contributed by atoms with Gasteiger partial charge in [-0.3, -0.25) is 0 Å². The number of hydrogen-bond acceptors (Lipinski definition) is 4. The van der Waals surface area contributed by atoms with Gasteiger partial charge in [0.2, 0.25) is 10.0 Å². The molecule has 1 fully saturated rings. The van der Waals surface area contributed by atoms with E-state index in [2.05, 4.69) is 11.9 Å². The lowest BCUT2D eigenvalue weighted by Gasteiger charge is -2.36. The quantitative estimate of drug-likeness (QED) is 0.786. The Morgan fingerprint density at radius 2 is 2.22 bits per heavy atom. The van der Waals surface area contributed by atoms with Gasteiger partial charge in [0.05, 0.1) is 4.90 Å². The summed E-state index contributed by atoms with van der Waals surface area (Å²) in [5, 5.41) is 0.494. The van der Waals surface area contributed by atoms with Gasteiger partial charge in [-0.1, -0.05) is 18.5 Å². The molecule has 0 aliphatic carbocycles. The minimum absolute atomic E-state index is 0.0132. The summed E-state index contributed by atoms with van der Waals surface area (Å²) < 4.78 is 26.6. The topological polar surface area (TPSA) is 50.3 Å². The molecule has 7 heteroatoms. The van der Waals surface area contributed by atoms with Gasteiger partial charge in [0.25, 0.3) is 0 Å². The Labute approximate surface area is 117 Å². The number of aromatic nitrogens is 1. The van der Waals surface area contributed by atoms with Gasteiger partial charge in [-0.15, -0.1) is 0 Å². The van der Waals surface area contributed by atoms with E-state index in [1.165, 1.54) is 18.3 Å². The molecule has 2 atom stereocenters. The highest BCUT2D eigenvalue weighted by atomic mass is 35.5. The van der Waals surface area contributed by atoms with Crippen LogP contribution in [0.15, 0.2) is 23.2 Å². The SMILES string of the molecule is CC1SCCN(S(=O)(=O)c2ccnc(Cl)c2)C1C. The molecule has 1 aromatic heterocycles. The van der Waals surface area contributed by atoms with Crippen LogP contribution in [0.2, 0.25) is 5.15 Å². The molecule has 2 unspecified atom stereocenters. The summed E-state index contributed by atoms with van der Waals surface area (Å²) in [6.07, 6.45) is 1.42. The van der Waals surface area contributed by atoms with Gasteiger partial charge in [-0.05, 0) is 19.1 Å². The monoisotopic (exact) mass is 306 g/mol. The first kappa shape index (κ1) is 14.1. The third-order valence-electron chi connectivity index (χ3n) is 3.13. The molecule has 4 nitrogen and oxygen atoms in total. The lowest BCUT2D eigenvalue weighted by Crippen LogP contribution is -2.47. The molecule has 1 aromatic rings. The highest BCUT2D eigenvalue weighted by Gasteiger charge is 2.34. The van der Waals surface area contributed by atoms with Crippen LogP contribution in [0.5, 0.6) is 0 Å². The van der Waals surface area contributed by atoms with Crippen molar-refractivity contribution < 1.29 is 8.42 Å². The highest BCUT2D eigenvalue weighted by molar-refractivity contribution is 8.00. The lowest BCUT2D eigenvalue weighted by atomic mass is 10.2. The summed E-state index contributed by atoms with van der Waals surface area (Å²) in [4.78, 5) is 4.03. The van der Waals surface area contributed by atoms with Crippen LogP contribution in [0.25, 0.3) is 0 Å². The van der Waals surface area contributed by atoms with Crippen LogP contribution in [0.4, 0.5) is 0 Å². The van der Waals surface area contributed by atoms with E-state index in [4.69, 9.17) is 11.6 Å². The van der Waals surface area contributed by atoms with Crippen LogP contribution in [0, 0.1) is 0 Å². The standard InChI is InChI=1S/C11H15ClN2O2S2/c1-8-9(2)17-6-5-14(8)18(15,16)10-3-4-13-11(12)7-10/h3-4,7-9H,5-6H2,1-2H3. The van der Waals surface area contributed by atoms with Gasteiger partial charge in [-0.2, -0.15) is 16.1 Å². The predicted molar refractivity (Wildman–Crippen MR) is 74.5 cm³/mol. The number of rotatable bonds is 2. The molecule has 2 rings (SSSR count). The molecule has 0 radical (unpaired) electrons. The highest BCUT2D eigenvalue weighted by Crippen LogP contribution is 2.29. The Bertz CT molecular complexity index is 536. The maximum Gasteiger partial charge on any atom is 0.243 e. The molecule has 18 heavy (non-hydrogen) atoms. The van der Waals surface area contributed by atoms with E-state index in [-0.39, 0.29) is 16.1 Å². The van der Waals surface area contributed by atoms with Crippen LogP contribution < -0.4 is 0 Å². The maximum atomic E-state index is 12.5. The minimum Gasteiger partial charge on any atom is -0.244 e. The van der Waals surface area contributed by atoms with E-state index in [0.717, 1.165) is 5.75 Å². The molecule has 0 amide bonds. The molecule has 0 N–H and O–H groups in total. The zero-order chi connectivity index (χ0) is 13.3. The van der Waals surface area contributed by atoms with Crippen molar-refractivity contribution in [3.8, 4) is 0 Å². The number of thioether (sulfide) groups is 1. The van der Waals surface area contributed by atoms with Gasteiger partial charge >= 0.3 is 0 Å². The van der Waals surface area contributed by atoms with Crippen molar-refractivity contribution in [1.82, 2.24) is 9.29 Å². The summed E-state index contributed by atoms with van der Waals surface area (Å²) >= 11 is 7.56. The molecular weight excluding hydrogens is 292 g/mol. The summed E-state index contributed by atoms with van der Waals surface area (Å²) in [5.74, 6) is 0.823. The number of halogens is 1. The Morgan fingerprint density at radius 1 is 1.50 bits per heavy atom. The number of hydrogen-bond donors (Lipinski definition) is 0. The van der Waals surface area contributed by atoms with Gasteiger partial charge in [0.15, 0.2) is 0 Å². The normalized spacial score (nSPS) is 26.2. The van der Waals surface area contributed by atoms with Crippen molar-refractivity contribution >= 4 is 33.4 Å². The molecule has 2 heterocycles. The molecule has 0 aromatic carbocycles. The smallest absolute Gasteiger partial charge is 0.243 e. The second kappa shape index (κ2) is 5.36. The molecular formula is C11H15ClN2O2S2. The van der Waals surface area contributed by atoms with Crippen molar-refractivity contribution in [2.45, 2.75) is 30.0 Å². The van der Waals surface area contributed by atoms with Crippen molar-refractivity contribution in [2.24, 2.45) is 0 Å². The number of nitrogens with zero attached hydrogens (tertiary/aromatic N) is 2. The zero-order valence-electron chi connectivity index (χ0n) is 10.2. The van der Waals surface area contributed by atoms with E-state index in [1.54, 1.807) is 16.1 Å². The maximum absolute atomic E-state index is 12.5. The predicted octanol–water partition coefficient (Wildman–Crippen LogP) is 2.25. The molecule has 1 aliphatic rings. The first-order valence-corrected chi connectivity index (χ1v) is 8.54. The molecule has 0 saturated carbocycles. The summed E-state index contributed by atoms with van der Waals surface area (Å²) in [7, 11) is -3.47. The van der Waals surface area contributed by atoms with Crippen LogP contribution >= 0.6 is 23.4 Å². The van der Waals surface area contributed by atoms with Crippen molar-refractivity contribution in [3.63, 3.8) is 0 Å². The van der Waals surface area contributed by atoms with Gasteiger partial charge in [0.1, 0.15) is 5.15 Å². The molecule has 0 spiro atoms. The second-order valence-electron chi connectivity index (χ2n) is 4.25. The van der Waals surface area contributed by atoms with E-state index in [9.17, 15) is 8.42 Å². The Hall–Kier alpha value is -0.300. The van der Waals surface area contributed by atoms with E-state index in [0.29, 0.717) is 11.8 Å². The fourth-order valence-corrected chi connectivity index (χ4v) is 5.17. The van der Waals surface area contributed by atoms with Crippen LogP contribution in [-0.2, 0) is 10.0 Å². The number of sulfonamides is 1. The van der Waals surface area contributed by atoms with E-state index >= 15 is 0 Å². The molecule has 0 bridgehead atoms. The first-order valence-electron chi connectivity index (χ1n) is 5.68. The summed E-state index contributed by atoms with van der Waals surface area (Å²) in [6, 6.07) is 2.87. The van der Waals surface area contributed by atoms with Crippen molar-refractivity contribution in [1.29, 1.82) is 0 Å². The molecule has 1 aliphatic heterocycles. The summed E-state index contributed by atoms with van der Waals surface area (Å²) in [6.45, 7) is 4.53. The van der Waals surface area contributed by atoms with Gasteiger partial charge in [-0.25, -0.2) is 13.4 Å². The Balaban J connectivity index is 2.36. The van der Waals surface area contributed by atoms with E-state index < -0.39 is 10.0 Å². The fourth-order valence-electron chi connectivity index (χ4n) is 1.93. The van der Waals surface area contributed by atoms with E-state index in [1.807, 2.05) is 6.92 Å². The fraction of sp³-hybridized carbons (Fsp3) is 0.545. The van der Waals surface area contributed by atoms with Crippen molar-refractivity contribution in [2.75, 3.05) is 12.3 Å². The second-order valence-corrected chi connectivity index (χ2v) is 8.01. The van der Waals surface area contributed by atoms with Crippen LogP contribution in [0.3, 0.4) is 0 Å². The first-order chi connectivity index (χ1) is 8.43. The Kier molecular flexibility index (Phi) is 4.21. The minimum atomic E-state index is -3.47. The third kappa shape index (κ3) is 2.66. The van der Waals surface area contributed by atoms with Crippen molar-refractivity contribution in [3.05, 3.63) is 23.5 Å². The zero-order valence-corrected chi connectivity index (χ0v) is 12.6. The van der Waals surface area contributed by atoms with Gasteiger partial charge < -0.3 is 0 Å². The lowest BCUT2D eigenvalue weighted by molar-refractivity contribution is 0.340. The average molecular weight is 307 g/mol. The molecule has 1 saturated heterocycles. The third-order valence-corrected chi connectivity index (χ3v) is 6.66. The summed E-state index contributed by atoms with van der Waals surface area (Å²) in [5.41, 5.74) is 0. The van der Waals surface area contributed by atoms with Gasteiger partial charge in [0, 0.05) is 29.8 Å².